The molecule has 0 atom stereocenters. The monoisotopic (exact) mass is 438 g/mol. The minimum Gasteiger partial charge on any atom is -0.478 e. The fraction of sp³-hybridized carbons (Fsp3) is 0. The molecule has 4 N–H and O–H groups in total. The number of hydrogen-bond acceptors (Lipinski definition) is 6. The Morgan fingerprint density at radius 2 is 0.844 bits per heavy atom. The van der Waals surface area contributed by atoms with Gasteiger partial charge in [0.15, 0.2) is 0 Å². The number of benzene rings is 3. The van der Waals surface area contributed by atoms with Gasteiger partial charge in [0.2, 0.25) is 0 Å². The van der Waals surface area contributed by atoms with E-state index < -0.39 is 23.9 Å². The summed E-state index contributed by atoms with van der Waals surface area (Å²) in [4.78, 5) is 44.9. The van der Waals surface area contributed by atoms with Gasteiger partial charge in [-0.2, -0.15) is 0 Å². The lowest BCUT2D eigenvalue weighted by Crippen LogP contribution is -2.04. The molecule has 0 bridgehead atoms. The van der Waals surface area contributed by atoms with E-state index in [1.54, 1.807) is 0 Å². The third kappa shape index (κ3) is 4.82. The Hall–Kier alpha value is -4.86. The summed E-state index contributed by atoms with van der Waals surface area (Å²) in [5.41, 5.74) is -1.09. The Morgan fingerprint density at radius 3 is 1.12 bits per heavy atom. The second-order valence-corrected chi connectivity index (χ2v) is 6.32. The van der Waals surface area contributed by atoms with Crippen molar-refractivity contribution in [3.63, 3.8) is 0 Å². The number of carbonyl (C=O) groups is 4. The Morgan fingerprint density at radius 1 is 0.500 bits per heavy atom. The van der Waals surface area contributed by atoms with Crippen LogP contribution in [0.25, 0.3) is 0 Å². The van der Waals surface area contributed by atoms with Crippen molar-refractivity contribution in [1.29, 1.82) is 0 Å². The van der Waals surface area contributed by atoms with Gasteiger partial charge in [0, 0.05) is 0 Å². The van der Waals surface area contributed by atoms with E-state index in [2.05, 4.69) is 0 Å². The molecule has 0 amide bonds. The lowest BCUT2D eigenvalue weighted by atomic mass is 10.1. The molecule has 3 rings (SSSR count). The molecule has 0 aromatic heterocycles. The van der Waals surface area contributed by atoms with Crippen LogP contribution in [0.15, 0.2) is 60.7 Å². The van der Waals surface area contributed by atoms with E-state index in [9.17, 15) is 29.4 Å². The van der Waals surface area contributed by atoms with Gasteiger partial charge in [-0.3, -0.25) is 0 Å². The van der Waals surface area contributed by atoms with Crippen LogP contribution >= 0.6 is 0 Å². The number of rotatable bonds is 8. The minimum atomic E-state index is -1.37. The van der Waals surface area contributed by atoms with Crippen LogP contribution in [0.5, 0.6) is 23.0 Å². The van der Waals surface area contributed by atoms with Crippen LogP contribution < -0.4 is 9.47 Å². The van der Waals surface area contributed by atoms with Gasteiger partial charge in [0.1, 0.15) is 34.1 Å². The Balaban J connectivity index is 1.82. The third-order valence-electron chi connectivity index (χ3n) is 4.19. The maximum atomic E-state index is 11.4. The quantitative estimate of drug-likeness (QED) is 0.402. The van der Waals surface area contributed by atoms with E-state index in [1.165, 1.54) is 48.5 Å². The van der Waals surface area contributed by atoms with Crippen LogP contribution in [0.2, 0.25) is 0 Å². The molecule has 3 aromatic carbocycles. The summed E-state index contributed by atoms with van der Waals surface area (Å²) in [7, 11) is 0. The molecule has 0 spiro atoms. The first kappa shape index (κ1) is 21.8. The number of aromatic carboxylic acids is 4. The van der Waals surface area contributed by atoms with Crippen molar-refractivity contribution in [2.24, 2.45) is 0 Å². The van der Waals surface area contributed by atoms with Crippen LogP contribution in [-0.4, -0.2) is 44.3 Å². The van der Waals surface area contributed by atoms with Gasteiger partial charge < -0.3 is 29.9 Å². The molecule has 0 aliphatic rings. The number of carboxylic acids is 4. The molecule has 32 heavy (non-hydrogen) atoms. The van der Waals surface area contributed by atoms with Crippen molar-refractivity contribution in [3.05, 3.63) is 82.9 Å². The summed E-state index contributed by atoms with van der Waals surface area (Å²) >= 11 is 0. The van der Waals surface area contributed by atoms with Gasteiger partial charge in [-0.15, -0.1) is 0 Å². The van der Waals surface area contributed by atoms with Gasteiger partial charge in [0.25, 0.3) is 0 Å². The molecule has 0 fully saturated rings. The van der Waals surface area contributed by atoms with E-state index in [-0.39, 0.29) is 45.3 Å². The first-order valence-electron chi connectivity index (χ1n) is 8.82. The summed E-state index contributed by atoms with van der Waals surface area (Å²) in [5, 5.41) is 36.6. The first-order valence-corrected chi connectivity index (χ1v) is 8.82. The minimum absolute atomic E-state index is 0.0754. The molecule has 0 radical (unpaired) electrons. The topological polar surface area (TPSA) is 168 Å². The normalized spacial score (nSPS) is 10.2. The first-order chi connectivity index (χ1) is 15.2. The molecular formula is C22H14O10. The van der Waals surface area contributed by atoms with Gasteiger partial charge in [0.05, 0.1) is 11.1 Å². The molecule has 0 unspecified atom stereocenters. The van der Waals surface area contributed by atoms with E-state index >= 15 is 0 Å². The molecule has 0 aliphatic carbocycles. The Labute approximate surface area is 179 Å². The SMILES string of the molecule is O=C(O)c1ccc(Oc2ccc(Oc3ccc(C(=O)O)cc3C(=O)O)cc2)c(C(=O)O)c1. The van der Waals surface area contributed by atoms with Crippen LogP contribution in [0.1, 0.15) is 41.4 Å². The van der Waals surface area contributed by atoms with E-state index in [0.717, 1.165) is 12.1 Å². The molecule has 0 heterocycles. The average molecular weight is 438 g/mol. The Bertz CT molecular complexity index is 1130. The van der Waals surface area contributed by atoms with E-state index in [4.69, 9.17) is 19.7 Å². The molecule has 0 aliphatic heterocycles. The van der Waals surface area contributed by atoms with E-state index in [1.807, 2.05) is 0 Å². The van der Waals surface area contributed by atoms with Crippen molar-refractivity contribution in [2.45, 2.75) is 0 Å². The molecule has 0 saturated carbocycles. The molecular weight excluding hydrogens is 424 g/mol. The highest BCUT2D eigenvalue weighted by Crippen LogP contribution is 2.31. The zero-order chi connectivity index (χ0) is 23.4. The predicted octanol–water partition coefficient (Wildman–Crippen LogP) is 4.06. The average Bonchev–Trinajstić information content (AvgIpc) is 2.75. The fourth-order valence-corrected chi connectivity index (χ4v) is 2.67. The van der Waals surface area contributed by atoms with Gasteiger partial charge in [-0.05, 0) is 60.7 Å². The van der Waals surface area contributed by atoms with Crippen molar-refractivity contribution in [2.75, 3.05) is 0 Å². The largest absolute Gasteiger partial charge is 0.478 e. The summed E-state index contributed by atoms with van der Waals surface area (Å²) in [6, 6.07) is 12.5. The molecule has 0 saturated heterocycles. The standard InChI is InChI=1S/C22H14O10/c23-19(24)11-1-7-17(15(9-11)21(27)28)31-13-3-5-14(6-4-13)32-18-8-2-12(20(25)26)10-16(18)22(29)30/h1-10H,(H,23,24)(H,25,26)(H,27,28)(H,29,30). The maximum Gasteiger partial charge on any atom is 0.339 e. The maximum absolute atomic E-state index is 11.4. The van der Waals surface area contributed by atoms with Gasteiger partial charge >= 0.3 is 23.9 Å². The van der Waals surface area contributed by atoms with Crippen molar-refractivity contribution >= 4 is 23.9 Å². The van der Waals surface area contributed by atoms with E-state index in [0.29, 0.717) is 0 Å². The van der Waals surface area contributed by atoms with Crippen LogP contribution in [0, 0.1) is 0 Å². The zero-order valence-electron chi connectivity index (χ0n) is 16.0. The highest BCUT2D eigenvalue weighted by molar-refractivity contribution is 5.96. The predicted molar refractivity (Wildman–Crippen MR) is 107 cm³/mol. The number of ether oxygens (including phenoxy) is 2. The molecule has 10 nitrogen and oxygen atoms in total. The summed E-state index contributed by atoms with van der Waals surface area (Å²) < 4.78 is 11.1. The second-order valence-electron chi connectivity index (χ2n) is 6.32. The summed E-state index contributed by atoms with van der Waals surface area (Å²) in [5.74, 6) is -5.02. The van der Waals surface area contributed by atoms with Crippen molar-refractivity contribution in [1.82, 2.24) is 0 Å². The highest BCUT2D eigenvalue weighted by atomic mass is 16.5. The van der Waals surface area contributed by atoms with Gasteiger partial charge in [-0.1, -0.05) is 0 Å². The summed E-state index contributed by atoms with van der Waals surface area (Å²) in [6.07, 6.45) is 0. The van der Waals surface area contributed by atoms with Crippen LogP contribution in [0.3, 0.4) is 0 Å². The fourth-order valence-electron chi connectivity index (χ4n) is 2.67. The number of carboxylic acid groups (broad SMARTS) is 4. The Kier molecular flexibility index (Phi) is 6.06. The lowest BCUT2D eigenvalue weighted by Gasteiger charge is -2.12. The van der Waals surface area contributed by atoms with Crippen molar-refractivity contribution < 1.29 is 49.1 Å². The van der Waals surface area contributed by atoms with Gasteiger partial charge in [-0.25, -0.2) is 19.2 Å². The van der Waals surface area contributed by atoms with Crippen LogP contribution in [0.4, 0.5) is 0 Å². The smallest absolute Gasteiger partial charge is 0.339 e. The second kappa shape index (κ2) is 8.88. The molecule has 10 heteroatoms. The molecule has 3 aromatic rings. The van der Waals surface area contributed by atoms with Crippen LogP contribution in [-0.2, 0) is 0 Å². The third-order valence-corrected chi connectivity index (χ3v) is 4.19. The van der Waals surface area contributed by atoms with Crippen molar-refractivity contribution in [3.8, 4) is 23.0 Å². The highest BCUT2D eigenvalue weighted by Gasteiger charge is 2.17. The zero-order valence-corrected chi connectivity index (χ0v) is 16.0. The number of hydrogen-bond donors (Lipinski definition) is 4. The molecule has 162 valence electrons. The summed E-state index contributed by atoms with van der Waals surface area (Å²) in [6.45, 7) is 0. The lowest BCUT2D eigenvalue weighted by molar-refractivity contribution is 0.0674.